The van der Waals surface area contributed by atoms with E-state index in [1.165, 1.54) is 38.7 Å². The molecule has 4 heterocycles. The maximum atomic E-state index is 2.38. The summed E-state index contributed by atoms with van der Waals surface area (Å²) in [5.41, 5.74) is 0. The molecular formula is C20H20S4. The van der Waals surface area contributed by atoms with Crippen LogP contribution in [0.4, 0.5) is 0 Å². The third-order valence-corrected chi connectivity index (χ3v) is 9.54. The summed E-state index contributed by atoms with van der Waals surface area (Å²) < 4.78 is 2.84. The van der Waals surface area contributed by atoms with Crippen molar-refractivity contribution in [1.29, 1.82) is 0 Å². The second-order valence-electron chi connectivity index (χ2n) is 6.66. The van der Waals surface area contributed by atoms with Gasteiger partial charge in [0.25, 0.3) is 0 Å². The Hall–Kier alpha value is -0.940. The molecule has 124 valence electrons. The zero-order chi connectivity index (χ0) is 16.8. The minimum absolute atomic E-state index is 0.616. The maximum Gasteiger partial charge on any atom is 0.0464 e. The van der Waals surface area contributed by atoms with Crippen molar-refractivity contribution in [3.8, 4) is 19.5 Å². The summed E-state index contributed by atoms with van der Waals surface area (Å²) >= 11 is 7.73. The molecule has 4 aromatic rings. The van der Waals surface area contributed by atoms with Crippen LogP contribution in [0.1, 0.15) is 49.3 Å². The number of fused-ring (bicyclic) bond motifs is 1. The van der Waals surface area contributed by atoms with Crippen molar-refractivity contribution in [3.63, 3.8) is 0 Å². The quantitative estimate of drug-likeness (QED) is 0.328. The molecule has 0 aromatic carbocycles. The standard InChI is InChI=1S/C20H20S4/c1-11(2)13-5-7-15(21-13)17-9-19-20(23-17)10-18(24-19)16-8-6-14(22-16)12(3)4/h5-12H,1-4H3. The summed E-state index contributed by atoms with van der Waals surface area (Å²) in [6.07, 6.45) is 0. The van der Waals surface area contributed by atoms with Crippen molar-refractivity contribution in [3.05, 3.63) is 46.2 Å². The van der Waals surface area contributed by atoms with Gasteiger partial charge < -0.3 is 0 Å². The fraction of sp³-hybridized carbons (Fsp3) is 0.300. The van der Waals surface area contributed by atoms with Gasteiger partial charge in [0.05, 0.1) is 0 Å². The first-order valence-electron chi connectivity index (χ1n) is 8.25. The normalized spacial score (nSPS) is 12.1. The molecule has 4 rings (SSSR count). The molecule has 0 nitrogen and oxygen atoms in total. The molecule has 0 aliphatic heterocycles. The van der Waals surface area contributed by atoms with Crippen LogP contribution >= 0.6 is 45.3 Å². The molecule has 0 bridgehead atoms. The van der Waals surface area contributed by atoms with E-state index in [4.69, 9.17) is 0 Å². The van der Waals surface area contributed by atoms with Crippen LogP contribution in [0.3, 0.4) is 0 Å². The molecule has 0 unspecified atom stereocenters. The fourth-order valence-electron chi connectivity index (χ4n) is 2.67. The SMILES string of the molecule is CC(C)c1ccc(-c2cc3sc(-c4ccc(C(C)C)s4)cc3s2)s1. The van der Waals surface area contributed by atoms with E-state index >= 15 is 0 Å². The van der Waals surface area contributed by atoms with Crippen molar-refractivity contribution in [1.82, 2.24) is 0 Å². The van der Waals surface area contributed by atoms with Gasteiger partial charge in [0.1, 0.15) is 0 Å². The molecule has 0 saturated heterocycles. The number of rotatable bonds is 4. The van der Waals surface area contributed by atoms with E-state index in [1.807, 2.05) is 45.3 Å². The van der Waals surface area contributed by atoms with E-state index in [9.17, 15) is 0 Å². The Morgan fingerprint density at radius 2 is 0.958 bits per heavy atom. The molecule has 4 heteroatoms. The number of hydrogen-bond donors (Lipinski definition) is 0. The molecule has 0 fully saturated rings. The Kier molecular flexibility index (Phi) is 4.42. The molecular weight excluding hydrogens is 368 g/mol. The molecule has 0 aliphatic carbocycles. The first-order valence-corrected chi connectivity index (χ1v) is 11.5. The second-order valence-corrected chi connectivity index (χ2v) is 11.1. The van der Waals surface area contributed by atoms with Crippen molar-refractivity contribution in [2.75, 3.05) is 0 Å². The predicted octanol–water partition coefficient (Wildman–Crippen LogP) is 8.67. The highest BCUT2D eigenvalue weighted by atomic mass is 32.1. The largest absolute Gasteiger partial charge is 0.139 e. The van der Waals surface area contributed by atoms with Crippen molar-refractivity contribution >= 4 is 54.7 Å². The zero-order valence-corrected chi connectivity index (χ0v) is 17.5. The molecule has 0 spiro atoms. The van der Waals surface area contributed by atoms with E-state index in [0.717, 1.165) is 0 Å². The van der Waals surface area contributed by atoms with Gasteiger partial charge >= 0.3 is 0 Å². The van der Waals surface area contributed by atoms with E-state index in [-0.39, 0.29) is 0 Å². The average molecular weight is 389 g/mol. The van der Waals surface area contributed by atoms with Crippen LogP contribution in [0.25, 0.3) is 28.9 Å². The van der Waals surface area contributed by atoms with Crippen LogP contribution in [0.2, 0.25) is 0 Å². The monoisotopic (exact) mass is 388 g/mol. The number of hydrogen-bond acceptors (Lipinski definition) is 4. The third-order valence-electron chi connectivity index (χ3n) is 4.08. The van der Waals surface area contributed by atoms with Crippen LogP contribution in [0.5, 0.6) is 0 Å². The molecule has 0 saturated carbocycles. The predicted molar refractivity (Wildman–Crippen MR) is 115 cm³/mol. The first-order chi connectivity index (χ1) is 11.5. The summed E-state index contributed by atoms with van der Waals surface area (Å²) in [5, 5.41) is 0. The molecule has 0 N–H and O–H groups in total. The summed E-state index contributed by atoms with van der Waals surface area (Å²) in [4.78, 5) is 8.59. The highest BCUT2D eigenvalue weighted by molar-refractivity contribution is 7.33. The van der Waals surface area contributed by atoms with E-state index in [2.05, 4.69) is 64.1 Å². The van der Waals surface area contributed by atoms with Crippen LogP contribution in [-0.2, 0) is 0 Å². The first kappa shape index (κ1) is 16.5. The van der Waals surface area contributed by atoms with Crippen LogP contribution in [0, 0.1) is 0 Å². The van der Waals surface area contributed by atoms with Gasteiger partial charge in [-0.3, -0.25) is 0 Å². The maximum absolute atomic E-state index is 2.38. The zero-order valence-electron chi connectivity index (χ0n) is 14.3. The lowest BCUT2D eigenvalue weighted by atomic mass is 10.2. The minimum Gasteiger partial charge on any atom is -0.139 e. The smallest absolute Gasteiger partial charge is 0.0464 e. The Balaban J connectivity index is 1.66. The van der Waals surface area contributed by atoms with E-state index in [0.29, 0.717) is 11.8 Å². The Bertz CT molecular complexity index is 867. The molecule has 0 atom stereocenters. The van der Waals surface area contributed by atoms with Gasteiger partial charge in [-0.25, -0.2) is 0 Å². The lowest BCUT2D eigenvalue weighted by molar-refractivity contribution is 0.890. The Labute approximate surface area is 159 Å². The lowest BCUT2D eigenvalue weighted by Crippen LogP contribution is -1.77. The molecule has 0 amide bonds. The van der Waals surface area contributed by atoms with E-state index in [1.54, 1.807) is 0 Å². The summed E-state index contributed by atoms with van der Waals surface area (Å²) in [7, 11) is 0. The van der Waals surface area contributed by atoms with Gasteiger partial charge in [0.15, 0.2) is 0 Å². The van der Waals surface area contributed by atoms with E-state index < -0.39 is 0 Å². The highest BCUT2D eigenvalue weighted by Crippen LogP contribution is 2.45. The van der Waals surface area contributed by atoms with Crippen molar-refractivity contribution in [2.24, 2.45) is 0 Å². The van der Waals surface area contributed by atoms with Gasteiger partial charge in [-0.15, -0.1) is 45.3 Å². The summed E-state index contributed by atoms with van der Waals surface area (Å²) in [6.45, 7) is 9.06. The van der Waals surface area contributed by atoms with Gasteiger partial charge in [-0.1, -0.05) is 27.7 Å². The molecule has 0 radical (unpaired) electrons. The third kappa shape index (κ3) is 3.01. The molecule has 4 aromatic heterocycles. The van der Waals surface area contributed by atoms with Gasteiger partial charge in [0, 0.05) is 38.7 Å². The average Bonchev–Trinajstić information content (AvgIpc) is 3.28. The summed E-state index contributed by atoms with van der Waals surface area (Å²) in [6, 6.07) is 13.9. The van der Waals surface area contributed by atoms with Gasteiger partial charge in [-0.05, 0) is 48.2 Å². The fourth-order valence-corrected chi connectivity index (χ4v) is 7.25. The summed E-state index contributed by atoms with van der Waals surface area (Å²) in [5.74, 6) is 1.23. The Morgan fingerprint density at radius 3 is 1.29 bits per heavy atom. The van der Waals surface area contributed by atoms with Crippen LogP contribution in [-0.4, -0.2) is 0 Å². The molecule has 24 heavy (non-hydrogen) atoms. The van der Waals surface area contributed by atoms with Crippen molar-refractivity contribution < 1.29 is 0 Å². The highest BCUT2D eigenvalue weighted by Gasteiger charge is 2.13. The Morgan fingerprint density at radius 1 is 0.542 bits per heavy atom. The lowest BCUT2D eigenvalue weighted by Gasteiger charge is -1.97. The van der Waals surface area contributed by atoms with Gasteiger partial charge in [0.2, 0.25) is 0 Å². The topological polar surface area (TPSA) is 0 Å². The van der Waals surface area contributed by atoms with Crippen LogP contribution < -0.4 is 0 Å². The second kappa shape index (κ2) is 6.41. The minimum atomic E-state index is 0.616. The number of thiophene rings is 4. The van der Waals surface area contributed by atoms with Crippen molar-refractivity contribution in [2.45, 2.75) is 39.5 Å². The molecule has 0 aliphatic rings. The van der Waals surface area contributed by atoms with Gasteiger partial charge in [-0.2, -0.15) is 0 Å². The van der Waals surface area contributed by atoms with Crippen LogP contribution in [0.15, 0.2) is 36.4 Å².